The fraction of sp³-hybridized carbons (Fsp3) is 0.391. The van der Waals surface area contributed by atoms with Crippen molar-refractivity contribution < 1.29 is 9.69 Å². The first kappa shape index (κ1) is 21.3. The minimum Gasteiger partial charge on any atom is -0.338 e. The Labute approximate surface area is 179 Å². The number of hydrogen-bond acceptors (Lipinski definition) is 2. The summed E-state index contributed by atoms with van der Waals surface area (Å²) in [7, 11) is 0. The molecule has 1 fully saturated rings. The molecule has 0 bridgehead atoms. The molecule has 154 valence electrons. The van der Waals surface area contributed by atoms with Crippen LogP contribution in [0, 0.1) is 27.7 Å². The van der Waals surface area contributed by atoms with E-state index in [1.54, 1.807) is 0 Å². The van der Waals surface area contributed by atoms with E-state index in [-0.39, 0.29) is 5.91 Å². The largest absolute Gasteiger partial charge is 0.338 e. The van der Waals surface area contributed by atoms with Crippen LogP contribution < -0.4 is 15.5 Å². The van der Waals surface area contributed by atoms with Crippen LogP contribution in [0.15, 0.2) is 36.4 Å². The molecule has 0 atom stereocenters. The second-order valence-corrected chi connectivity index (χ2v) is 8.34. The Morgan fingerprint density at radius 3 is 2.24 bits per heavy atom. The minimum absolute atomic E-state index is 0.0710. The van der Waals surface area contributed by atoms with Crippen molar-refractivity contribution in [3.05, 3.63) is 58.7 Å². The standard InChI is InChI=1S/C23H30N4OS/c1-16-8-9-20(14-19(16)4)24-23(29)27-12-10-26(11-13-27)15-21(28)25-22-17(2)6-5-7-18(22)3/h5-9,14H,10-13,15H2,1-4H3,(H,24,29)(H,25,28)/p+1. The molecule has 3 N–H and O–H groups in total. The van der Waals surface area contributed by atoms with E-state index in [1.807, 2.05) is 32.0 Å². The topological polar surface area (TPSA) is 48.8 Å². The van der Waals surface area contributed by atoms with Gasteiger partial charge in [0.25, 0.3) is 5.91 Å². The van der Waals surface area contributed by atoms with Gasteiger partial charge >= 0.3 is 0 Å². The van der Waals surface area contributed by atoms with E-state index in [1.165, 1.54) is 16.0 Å². The highest BCUT2D eigenvalue weighted by molar-refractivity contribution is 7.80. The van der Waals surface area contributed by atoms with Gasteiger partial charge in [0, 0.05) is 11.4 Å². The van der Waals surface area contributed by atoms with Gasteiger partial charge in [-0.3, -0.25) is 4.79 Å². The van der Waals surface area contributed by atoms with E-state index in [0.29, 0.717) is 6.54 Å². The van der Waals surface area contributed by atoms with Gasteiger partial charge in [-0.1, -0.05) is 24.3 Å². The van der Waals surface area contributed by atoms with Crippen molar-refractivity contribution in [2.24, 2.45) is 0 Å². The molecular weight excluding hydrogens is 380 g/mol. The second-order valence-electron chi connectivity index (χ2n) is 7.96. The van der Waals surface area contributed by atoms with Gasteiger partial charge < -0.3 is 20.4 Å². The van der Waals surface area contributed by atoms with Crippen molar-refractivity contribution in [2.45, 2.75) is 27.7 Å². The van der Waals surface area contributed by atoms with Crippen LogP contribution in [0.3, 0.4) is 0 Å². The van der Waals surface area contributed by atoms with E-state index >= 15 is 0 Å². The number of benzene rings is 2. The van der Waals surface area contributed by atoms with Gasteiger partial charge in [0.05, 0.1) is 26.2 Å². The molecule has 1 aliphatic heterocycles. The predicted octanol–water partition coefficient (Wildman–Crippen LogP) is 2.46. The molecule has 3 rings (SSSR count). The third kappa shape index (κ3) is 5.55. The number of carbonyl (C=O) groups excluding carboxylic acids is 1. The molecule has 2 aromatic rings. The molecule has 1 heterocycles. The average molecular weight is 412 g/mol. The Bertz CT molecular complexity index is 883. The molecule has 6 heteroatoms. The third-order valence-corrected chi connectivity index (χ3v) is 6.03. The minimum atomic E-state index is 0.0710. The summed E-state index contributed by atoms with van der Waals surface area (Å²) in [5.74, 6) is 0.0710. The lowest BCUT2D eigenvalue weighted by molar-refractivity contribution is -0.895. The number of anilines is 2. The van der Waals surface area contributed by atoms with Gasteiger partial charge in [-0.25, -0.2) is 0 Å². The fourth-order valence-corrected chi connectivity index (χ4v) is 3.95. The molecular formula is C23H31N4OS+. The van der Waals surface area contributed by atoms with Crippen molar-refractivity contribution in [1.29, 1.82) is 0 Å². The van der Waals surface area contributed by atoms with E-state index in [4.69, 9.17) is 12.2 Å². The van der Waals surface area contributed by atoms with Gasteiger partial charge in [0.2, 0.25) is 0 Å². The summed E-state index contributed by atoms with van der Waals surface area (Å²) in [6, 6.07) is 12.4. The van der Waals surface area contributed by atoms with E-state index in [2.05, 4.69) is 47.6 Å². The third-order valence-electron chi connectivity index (χ3n) is 5.67. The number of piperazine rings is 1. The molecule has 2 aromatic carbocycles. The number of amides is 1. The lowest BCUT2D eigenvalue weighted by atomic mass is 10.1. The first-order valence-corrected chi connectivity index (χ1v) is 10.6. The Balaban J connectivity index is 1.48. The molecule has 0 unspecified atom stereocenters. The molecule has 0 aromatic heterocycles. The van der Waals surface area contributed by atoms with Crippen LogP contribution in [0.25, 0.3) is 0 Å². The first-order valence-electron chi connectivity index (χ1n) is 10.2. The predicted molar refractivity (Wildman–Crippen MR) is 124 cm³/mol. The SMILES string of the molecule is Cc1ccc(NC(=S)N2CC[NH+](CC(=O)Nc3c(C)cccc3C)CC2)cc1C. The Morgan fingerprint density at radius 1 is 0.966 bits per heavy atom. The number of nitrogens with one attached hydrogen (secondary N) is 3. The Morgan fingerprint density at radius 2 is 1.62 bits per heavy atom. The van der Waals surface area contributed by atoms with Crippen LogP contribution >= 0.6 is 12.2 Å². The lowest BCUT2D eigenvalue weighted by Gasteiger charge is -2.33. The van der Waals surface area contributed by atoms with Crippen LogP contribution in [0.4, 0.5) is 11.4 Å². The van der Waals surface area contributed by atoms with E-state index in [0.717, 1.165) is 53.8 Å². The zero-order valence-electron chi connectivity index (χ0n) is 17.8. The van der Waals surface area contributed by atoms with Crippen molar-refractivity contribution >= 4 is 34.6 Å². The number of quaternary nitrogens is 1. The quantitative estimate of drug-likeness (QED) is 0.677. The summed E-state index contributed by atoms with van der Waals surface area (Å²) < 4.78 is 0. The van der Waals surface area contributed by atoms with Crippen LogP contribution in [-0.4, -0.2) is 48.6 Å². The number of para-hydroxylation sites is 1. The highest BCUT2D eigenvalue weighted by atomic mass is 32.1. The highest BCUT2D eigenvalue weighted by Gasteiger charge is 2.24. The van der Waals surface area contributed by atoms with Crippen LogP contribution in [0.2, 0.25) is 0 Å². The van der Waals surface area contributed by atoms with Crippen molar-refractivity contribution in [2.75, 3.05) is 43.4 Å². The van der Waals surface area contributed by atoms with Crippen molar-refractivity contribution in [1.82, 2.24) is 4.90 Å². The average Bonchev–Trinajstić information content (AvgIpc) is 2.68. The van der Waals surface area contributed by atoms with Gasteiger partial charge in [-0.05, 0) is 74.3 Å². The number of carbonyl (C=O) groups is 1. The normalized spacial score (nSPS) is 14.6. The first-order chi connectivity index (χ1) is 13.8. The summed E-state index contributed by atoms with van der Waals surface area (Å²) in [6.07, 6.45) is 0. The molecule has 0 aliphatic carbocycles. The summed E-state index contributed by atoms with van der Waals surface area (Å²) in [4.78, 5) is 16.0. The highest BCUT2D eigenvalue weighted by Crippen LogP contribution is 2.19. The maximum Gasteiger partial charge on any atom is 0.279 e. The number of thiocarbonyl (C=S) groups is 1. The fourth-order valence-electron chi connectivity index (χ4n) is 3.65. The van der Waals surface area contributed by atoms with Crippen LogP contribution in [0.1, 0.15) is 22.3 Å². The number of rotatable bonds is 4. The lowest BCUT2D eigenvalue weighted by Crippen LogP contribution is -3.15. The second kappa shape index (κ2) is 9.37. The molecule has 29 heavy (non-hydrogen) atoms. The van der Waals surface area contributed by atoms with E-state index in [9.17, 15) is 4.79 Å². The maximum absolute atomic E-state index is 12.5. The molecule has 1 amide bonds. The van der Waals surface area contributed by atoms with Gasteiger partial charge in [0.1, 0.15) is 0 Å². The Kier molecular flexibility index (Phi) is 6.87. The molecule has 0 saturated carbocycles. The Hall–Kier alpha value is -2.44. The summed E-state index contributed by atoms with van der Waals surface area (Å²) in [5.41, 5.74) is 6.69. The maximum atomic E-state index is 12.5. The molecule has 1 saturated heterocycles. The number of aryl methyl sites for hydroxylation is 4. The van der Waals surface area contributed by atoms with Gasteiger partial charge in [-0.15, -0.1) is 0 Å². The number of hydrogen-bond donors (Lipinski definition) is 3. The zero-order valence-corrected chi connectivity index (χ0v) is 18.6. The van der Waals surface area contributed by atoms with Crippen LogP contribution in [0.5, 0.6) is 0 Å². The van der Waals surface area contributed by atoms with Gasteiger partial charge in [0.15, 0.2) is 11.7 Å². The van der Waals surface area contributed by atoms with Crippen molar-refractivity contribution in [3.8, 4) is 0 Å². The molecule has 0 spiro atoms. The smallest absolute Gasteiger partial charge is 0.279 e. The summed E-state index contributed by atoms with van der Waals surface area (Å²) in [5, 5.41) is 7.20. The van der Waals surface area contributed by atoms with Gasteiger partial charge in [-0.2, -0.15) is 0 Å². The summed E-state index contributed by atoms with van der Waals surface area (Å²) in [6.45, 7) is 12.2. The van der Waals surface area contributed by atoms with Crippen LogP contribution in [-0.2, 0) is 4.79 Å². The number of nitrogens with zero attached hydrogens (tertiary/aromatic N) is 1. The zero-order chi connectivity index (χ0) is 21.0. The molecule has 5 nitrogen and oxygen atoms in total. The van der Waals surface area contributed by atoms with E-state index < -0.39 is 0 Å². The van der Waals surface area contributed by atoms with Crippen molar-refractivity contribution in [3.63, 3.8) is 0 Å². The molecule has 0 radical (unpaired) electrons. The molecule has 1 aliphatic rings. The monoisotopic (exact) mass is 411 g/mol. The summed E-state index contributed by atoms with van der Waals surface area (Å²) >= 11 is 5.60.